The van der Waals surface area contributed by atoms with Gasteiger partial charge in [-0.3, -0.25) is 19.3 Å². The maximum Gasteiger partial charge on any atom is 0.328 e. The number of nitrogens with one attached hydrogen (secondary N) is 1. The molecule has 0 aliphatic carbocycles. The summed E-state index contributed by atoms with van der Waals surface area (Å²) in [5.41, 5.74) is -0.692. The van der Waals surface area contributed by atoms with Gasteiger partial charge in [0.2, 0.25) is 5.88 Å². The Bertz CT molecular complexity index is 1140. The quantitative estimate of drug-likeness (QED) is 0.433. The first-order valence-corrected chi connectivity index (χ1v) is 10.6. The number of sulfone groups is 1. The number of nitrogens with zero attached hydrogens (tertiary/aromatic N) is 2. The minimum Gasteiger partial charge on any atom is -0.494 e. The number of hydrogen-bond donors (Lipinski definition) is 3. The lowest BCUT2D eigenvalue weighted by atomic mass is 10.2. The largest absolute Gasteiger partial charge is 0.494 e. The second kappa shape index (κ2) is 8.67. The van der Waals surface area contributed by atoms with Crippen LogP contribution in [0.25, 0.3) is 5.69 Å². The van der Waals surface area contributed by atoms with Gasteiger partial charge in [-0.25, -0.2) is 13.2 Å². The van der Waals surface area contributed by atoms with Gasteiger partial charge in [-0.05, 0) is 42.9 Å². The average molecular weight is 446 g/mol. The van der Waals surface area contributed by atoms with E-state index < -0.39 is 33.3 Å². The third kappa shape index (κ3) is 5.50. The molecule has 0 aliphatic heterocycles. The first kappa shape index (κ1) is 21.8. The molecule has 9 nitrogen and oxygen atoms in total. The standard InChI is InChI=1S/C16H16ClN3O6S2/c1-28(25,26)7-6-12(15(23)24)18-8-11-13(21)19-16(27)20(14(11)22)10-4-2-9(17)3-5-10/h2-5,8,12,22H,6-7H2,1H3,(H,23,24)(H,19,21,27)/t12-/m0/s1. The Kier molecular flexibility index (Phi) is 6.75. The molecule has 1 aromatic heterocycles. The lowest BCUT2D eigenvalue weighted by Gasteiger charge is -2.11. The van der Waals surface area contributed by atoms with Crippen molar-refractivity contribution < 1.29 is 23.4 Å². The molecular weight excluding hydrogens is 430 g/mol. The highest BCUT2D eigenvalue weighted by Gasteiger charge is 2.19. The number of rotatable bonds is 7. The van der Waals surface area contributed by atoms with E-state index in [4.69, 9.17) is 23.8 Å². The van der Waals surface area contributed by atoms with Gasteiger partial charge < -0.3 is 10.2 Å². The van der Waals surface area contributed by atoms with Crippen LogP contribution in [0.15, 0.2) is 34.1 Å². The summed E-state index contributed by atoms with van der Waals surface area (Å²) >= 11 is 10.9. The first-order chi connectivity index (χ1) is 13.0. The van der Waals surface area contributed by atoms with Crippen molar-refractivity contribution in [2.45, 2.75) is 12.5 Å². The molecule has 3 N–H and O–H groups in total. The molecule has 0 unspecified atom stereocenters. The molecule has 150 valence electrons. The van der Waals surface area contributed by atoms with E-state index in [2.05, 4.69) is 9.98 Å². The second-order valence-corrected chi connectivity index (χ2v) is 8.94. The van der Waals surface area contributed by atoms with Crippen molar-refractivity contribution in [3.05, 3.63) is 50.0 Å². The van der Waals surface area contributed by atoms with Crippen molar-refractivity contribution in [3.8, 4) is 11.6 Å². The summed E-state index contributed by atoms with van der Waals surface area (Å²) < 4.78 is 23.5. The maximum atomic E-state index is 12.1. The number of H-pyrrole nitrogens is 1. The van der Waals surface area contributed by atoms with Gasteiger partial charge in [-0.15, -0.1) is 0 Å². The third-order valence-corrected chi connectivity index (χ3v) is 5.15. The van der Waals surface area contributed by atoms with Crippen LogP contribution >= 0.6 is 23.8 Å². The van der Waals surface area contributed by atoms with E-state index in [-0.39, 0.29) is 22.5 Å². The number of aromatic hydroxyl groups is 1. The molecule has 0 radical (unpaired) electrons. The fourth-order valence-corrected chi connectivity index (χ4v) is 3.30. The fraction of sp³-hybridized carbons (Fsp3) is 0.250. The number of hydrogen-bond acceptors (Lipinski definition) is 7. The molecular formula is C16H16ClN3O6S2. The van der Waals surface area contributed by atoms with Crippen molar-refractivity contribution in [1.29, 1.82) is 0 Å². The van der Waals surface area contributed by atoms with Gasteiger partial charge in [0, 0.05) is 17.5 Å². The van der Waals surface area contributed by atoms with Gasteiger partial charge in [0.1, 0.15) is 21.4 Å². The summed E-state index contributed by atoms with van der Waals surface area (Å²) in [4.78, 5) is 29.6. The Morgan fingerprint density at radius 3 is 2.54 bits per heavy atom. The van der Waals surface area contributed by atoms with E-state index in [0.717, 1.165) is 17.0 Å². The van der Waals surface area contributed by atoms with E-state index >= 15 is 0 Å². The van der Waals surface area contributed by atoms with E-state index in [1.54, 1.807) is 24.3 Å². The zero-order chi connectivity index (χ0) is 21.1. The van der Waals surface area contributed by atoms with Crippen molar-refractivity contribution in [2.24, 2.45) is 4.99 Å². The van der Waals surface area contributed by atoms with Gasteiger partial charge >= 0.3 is 5.97 Å². The number of aliphatic carboxylic acids is 1. The van der Waals surface area contributed by atoms with Crippen molar-refractivity contribution in [2.75, 3.05) is 12.0 Å². The number of aliphatic imine (C=N–C) groups is 1. The van der Waals surface area contributed by atoms with E-state index in [9.17, 15) is 28.2 Å². The van der Waals surface area contributed by atoms with Gasteiger partial charge in [0.25, 0.3) is 5.56 Å². The Hall–Kier alpha value is -2.50. The van der Waals surface area contributed by atoms with Crippen LogP contribution in [0, 0.1) is 4.77 Å². The van der Waals surface area contributed by atoms with Crippen LogP contribution in [0.1, 0.15) is 12.0 Å². The molecule has 0 fully saturated rings. The van der Waals surface area contributed by atoms with Crippen LogP contribution in [0.2, 0.25) is 5.02 Å². The zero-order valence-electron chi connectivity index (χ0n) is 14.5. The summed E-state index contributed by atoms with van der Waals surface area (Å²) in [6.45, 7) is 0. The normalized spacial score (nSPS) is 12.9. The number of carboxylic acid groups (broad SMARTS) is 1. The number of carbonyl (C=O) groups is 1. The molecule has 12 heteroatoms. The van der Waals surface area contributed by atoms with Crippen LogP contribution in [-0.2, 0) is 14.6 Å². The summed E-state index contributed by atoms with van der Waals surface area (Å²) in [6.07, 6.45) is 1.58. The highest BCUT2D eigenvalue weighted by Crippen LogP contribution is 2.20. The lowest BCUT2D eigenvalue weighted by Crippen LogP contribution is -2.23. The number of halogens is 1. The summed E-state index contributed by atoms with van der Waals surface area (Å²) in [5.74, 6) is -2.30. The van der Waals surface area contributed by atoms with Crippen LogP contribution in [0.3, 0.4) is 0 Å². The summed E-state index contributed by atoms with van der Waals surface area (Å²) in [6, 6.07) is 4.83. The van der Waals surface area contributed by atoms with E-state index in [0.29, 0.717) is 10.7 Å². The maximum absolute atomic E-state index is 12.1. The number of aromatic amines is 1. The number of benzene rings is 1. The van der Waals surface area contributed by atoms with Crippen molar-refractivity contribution in [3.63, 3.8) is 0 Å². The average Bonchev–Trinajstić information content (AvgIpc) is 2.57. The second-order valence-electron chi connectivity index (χ2n) is 5.86. The van der Waals surface area contributed by atoms with Crippen LogP contribution in [-0.4, -0.2) is 58.4 Å². The van der Waals surface area contributed by atoms with Gasteiger partial charge in [0.05, 0.1) is 11.4 Å². The molecule has 0 spiro atoms. The SMILES string of the molecule is CS(=O)(=O)CC[C@H](N=Cc1c(O)n(-c2ccc(Cl)cc2)c(=S)[nH]c1=O)C(=O)O. The molecule has 1 aromatic carbocycles. The monoisotopic (exact) mass is 445 g/mol. The Morgan fingerprint density at radius 1 is 1.39 bits per heavy atom. The van der Waals surface area contributed by atoms with Gasteiger partial charge in [-0.2, -0.15) is 0 Å². The smallest absolute Gasteiger partial charge is 0.328 e. The van der Waals surface area contributed by atoms with Crippen LogP contribution < -0.4 is 5.56 Å². The van der Waals surface area contributed by atoms with Crippen LogP contribution in [0.4, 0.5) is 0 Å². The van der Waals surface area contributed by atoms with E-state index in [1.165, 1.54) is 0 Å². The molecule has 0 aliphatic rings. The number of aromatic nitrogens is 2. The topological polar surface area (TPSA) is 142 Å². The Morgan fingerprint density at radius 2 is 2.00 bits per heavy atom. The van der Waals surface area contributed by atoms with Gasteiger partial charge in [0.15, 0.2) is 4.77 Å². The molecule has 2 rings (SSSR count). The minimum absolute atomic E-state index is 0.0890. The zero-order valence-corrected chi connectivity index (χ0v) is 16.9. The molecule has 1 atom stereocenters. The minimum atomic E-state index is -3.39. The first-order valence-electron chi connectivity index (χ1n) is 7.77. The van der Waals surface area contributed by atoms with E-state index in [1.807, 2.05) is 0 Å². The lowest BCUT2D eigenvalue weighted by molar-refractivity contribution is -0.138. The van der Waals surface area contributed by atoms with Gasteiger partial charge in [-0.1, -0.05) is 11.6 Å². The molecule has 0 saturated carbocycles. The Balaban J connectivity index is 2.47. The van der Waals surface area contributed by atoms with Crippen molar-refractivity contribution in [1.82, 2.24) is 9.55 Å². The third-order valence-electron chi connectivity index (χ3n) is 3.64. The van der Waals surface area contributed by atoms with Crippen LogP contribution in [0.5, 0.6) is 5.88 Å². The molecule has 0 saturated heterocycles. The predicted octanol–water partition coefficient (Wildman–Crippen LogP) is 1.56. The highest BCUT2D eigenvalue weighted by atomic mass is 35.5. The molecule has 0 bridgehead atoms. The Labute approximate surface area is 169 Å². The van der Waals surface area contributed by atoms with Crippen molar-refractivity contribution >= 4 is 45.8 Å². The highest BCUT2D eigenvalue weighted by molar-refractivity contribution is 7.90. The summed E-state index contributed by atoms with van der Waals surface area (Å²) in [5, 5.41) is 20.1. The molecule has 1 heterocycles. The molecule has 0 amide bonds. The number of carboxylic acids is 1. The molecule has 2 aromatic rings. The fourth-order valence-electron chi connectivity index (χ4n) is 2.24. The summed E-state index contributed by atoms with van der Waals surface area (Å²) in [7, 11) is -3.39. The molecule has 28 heavy (non-hydrogen) atoms. The predicted molar refractivity (Wildman–Crippen MR) is 107 cm³/mol.